The second-order valence-corrected chi connectivity index (χ2v) is 3.96. The Hall–Kier alpha value is -2.22. The van der Waals surface area contributed by atoms with Gasteiger partial charge in [0.15, 0.2) is 0 Å². The highest BCUT2D eigenvalue weighted by Gasteiger charge is 2.05. The van der Waals surface area contributed by atoms with E-state index in [1.165, 1.54) is 0 Å². The molecule has 0 aliphatic heterocycles. The molecule has 6 heteroatoms. The fraction of sp³-hybridized carbons (Fsp3) is 0. The third kappa shape index (κ3) is 6.10. The number of nitrogens with one attached hydrogen (secondary N) is 2. The summed E-state index contributed by atoms with van der Waals surface area (Å²) < 4.78 is 0. The summed E-state index contributed by atoms with van der Waals surface area (Å²) in [6.45, 7) is 0. The molecule has 2 rings (SSSR count). The van der Waals surface area contributed by atoms with Gasteiger partial charge in [-0.05, 0) is 11.6 Å². The molecule has 0 heterocycles. The Kier molecular flexibility index (Phi) is 9.49. The molecule has 0 saturated heterocycles. The van der Waals surface area contributed by atoms with Gasteiger partial charge >= 0.3 is 0 Å². The zero-order valence-corrected chi connectivity index (χ0v) is 11.7. The molecular formula is C14H10Cl2N2O2. The summed E-state index contributed by atoms with van der Waals surface area (Å²) in [5.41, 5.74) is 2.06. The van der Waals surface area contributed by atoms with Gasteiger partial charge in [-0.3, -0.25) is 0 Å². The van der Waals surface area contributed by atoms with E-state index in [4.69, 9.17) is 43.6 Å². The molecule has 2 aromatic carbocycles. The number of hydrogen-bond acceptors (Lipinski definition) is 4. The van der Waals surface area contributed by atoms with Crippen LogP contribution in [0.5, 0.6) is 0 Å². The Morgan fingerprint density at radius 3 is 1.80 bits per heavy atom. The van der Waals surface area contributed by atoms with Crippen molar-refractivity contribution in [3.05, 3.63) is 58.6 Å². The first-order valence-corrected chi connectivity index (χ1v) is 5.95. The van der Waals surface area contributed by atoms with Crippen LogP contribution >= 0.6 is 23.2 Å². The van der Waals surface area contributed by atoms with E-state index < -0.39 is 0 Å². The normalized spacial score (nSPS) is 7.90. The fourth-order valence-corrected chi connectivity index (χ4v) is 1.75. The van der Waals surface area contributed by atoms with Crippen LogP contribution in [0.3, 0.4) is 0 Å². The highest BCUT2D eigenvalue weighted by atomic mass is 35.5. The van der Waals surface area contributed by atoms with Crippen LogP contribution in [0.4, 0.5) is 0 Å². The predicted octanol–water partition coefficient (Wildman–Crippen LogP) is 4.46. The van der Waals surface area contributed by atoms with Gasteiger partial charge < -0.3 is 0 Å². The SMILES string of the molecule is Clc1cccc(-c2ccccc2)c1Cl.N=C=O.N=C=O. The Morgan fingerprint density at radius 1 is 0.800 bits per heavy atom. The van der Waals surface area contributed by atoms with Crippen molar-refractivity contribution in [3.8, 4) is 11.1 Å². The first kappa shape index (κ1) is 17.8. The highest BCUT2D eigenvalue weighted by Crippen LogP contribution is 2.32. The van der Waals surface area contributed by atoms with Gasteiger partial charge in [-0.25, -0.2) is 20.4 Å². The lowest BCUT2D eigenvalue weighted by Crippen LogP contribution is -1.79. The molecule has 0 spiro atoms. The quantitative estimate of drug-likeness (QED) is 0.602. The molecule has 0 aliphatic rings. The summed E-state index contributed by atoms with van der Waals surface area (Å²) in [6, 6.07) is 15.6. The second kappa shape index (κ2) is 10.7. The van der Waals surface area contributed by atoms with E-state index in [1.807, 2.05) is 42.5 Å². The van der Waals surface area contributed by atoms with Crippen molar-refractivity contribution >= 4 is 35.4 Å². The van der Waals surface area contributed by atoms with Crippen LogP contribution in [0.25, 0.3) is 11.1 Å². The van der Waals surface area contributed by atoms with E-state index in [2.05, 4.69) is 0 Å². The molecule has 0 aromatic heterocycles. The number of hydrogen-bond donors (Lipinski definition) is 2. The van der Waals surface area contributed by atoms with Gasteiger partial charge in [0, 0.05) is 5.56 Å². The maximum absolute atomic E-state index is 8.35. The van der Waals surface area contributed by atoms with Gasteiger partial charge in [0.25, 0.3) is 0 Å². The molecule has 0 bridgehead atoms. The monoisotopic (exact) mass is 308 g/mol. The third-order valence-electron chi connectivity index (χ3n) is 2.04. The minimum atomic E-state index is 0.591. The molecule has 0 radical (unpaired) electrons. The molecule has 0 atom stereocenters. The summed E-state index contributed by atoms with van der Waals surface area (Å²) in [7, 11) is 0. The lowest BCUT2D eigenvalue weighted by Gasteiger charge is -2.04. The standard InChI is InChI=1S/C12H8Cl2.2CHNO/c13-11-8-4-7-10(12(11)14)9-5-2-1-3-6-9;2*2-1-3/h1-8H;2*2H. The van der Waals surface area contributed by atoms with Gasteiger partial charge in [0.05, 0.1) is 10.0 Å². The van der Waals surface area contributed by atoms with Crippen molar-refractivity contribution in [2.24, 2.45) is 0 Å². The van der Waals surface area contributed by atoms with Crippen molar-refractivity contribution in [1.82, 2.24) is 0 Å². The Balaban J connectivity index is 0.000000520. The zero-order chi connectivity index (χ0) is 15.4. The van der Waals surface area contributed by atoms with Gasteiger partial charge in [-0.2, -0.15) is 0 Å². The highest BCUT2D eigenvalue weighted by molar-refractivity contribution is 6.43. The fourth-order valence-electron chi connectivity index (χ4n) is 1.34. The van der Waals surface area contributed by atoms with Crippen LogP contribution in [0.2, 0.25) is 10.0 Å². The Labute approximate surface area is 126 Å². The number of halogens is 2. The molecule has 0 fully saturated rings. The van der Waals surface area contributed by atoms with Gasteiger partial charge in [0.1, 0.15) is 0 Å². The van der Waals surface area contributed by atoms with Gasteiger partial charge in [-0.15, -0.1) is 0 Å². The van der Waals surface area contributed by atoms with Crippen molar-refractivity contribution in [2.45, 2.75) is 0 Å². The first-order chi connectivity index (χ1) is 9.62. The van der Waals surface area contributed by atoms with E-state index in [-0.39, 0.29) is 0 Å². The van der Waals surface area contributed by atoms with Crippen molar-refractivity contribution < 1.29 is 9.59 Å². The summed E-state index contributed by atoms with van der Waals surface area (Å²) in [4.78, 5) is 16.7. The van der Waals surface area contributed by atoms with E-state index in [9.17, 15) is 0 Å². The van der Waals surface area contributed by atoms with E-state index in [1.54, 1.807) is 6.07 Å². The maximum Gasteiger partial charge on any atom is 0.231 e. The molecule has 2 aromatic rings. The van der Waals surface area contributed by atoms with E-state index >= 15 is 0 Å². The van der Waals surface area contributed by atoms with Crippen LogP contribution in [0.1, 0.15) is 0 Å². The molecule has 4 nitrogen and oxygen atoms in total. The lowest BCUT2D eigenvalue weighted by molar-refractivity contribution is 0.562. The van der Waals surface area contributed by atoms with Crippen molar-refractivity contribution in [2.75, 3.05) is 0 Å². The molecule has 0 unspecified atom stereocenters. The molecular weight excluding hydrogens is 299 g/mol. The minimum Gasteiger partial charge on any atom is -0.222 e. The number of rotatable bonds is 1. The topological polar surface area (TPSA) is 81.8 Å². The molecule has 0 amide bonds. The zero-order valence-electron chi connectivity index (χ0n) is 10.2. The second-order valence-electron chi connectivity index (χ2n) is 3.17. The predicted molar refractivity (Wildman–Crippen MR) is 78.7 cm³/mol. The van der Waals surface area contributed by atoms with Crippen LogP contribution < -0.4 is 0 Å². The molecule has 102 valence electrons. The van der Waals surface area contributed by atoms with E-state index in [0.29, 0.717) is 10.0 Å². The maximum atomic E-state index is 8.35. The summed E-state index contributed by atoms with van der Waals surface area (Å²) >= 11 is 12.0. The smallest absolute Gasteiger partial charge is 0.222 e. The number of carbonyl (C=O) groups excluding carboxylic acids is 2. The lowest BCUT2D eigenvalue weighted by atomic mass is 10.1. The van der Waals surface area contributed by atoms with Crippen LogP contribution in [-0.4, -0.2) is 12.2 Å². The van der Waals surface area contributed by atoms with Crippen LogP contribution in [0.15, 0.2) is 48.5 Å². The Bertz CT molecular complexity index is 592. The summed E-state index contributed by atoms with van der Waals surface area (Å²) in [6.07, 6.45) is 1.50. The van der Waals surface area contributed by atoms with Crippen LogP contribution in [0, 0.1) is 10.8 Å². The molecule has 0 saturated carbocycles. The Morgan fingerprint density at radius 2 is 1.30 bits per heavy atom. The average Bonchev–Trinajstić information content (AvgIpc) is 2.45. The first-order valence-electron chi connectivity index (χ1n) is 5.19. The molecule has 2 N–H and O–H groups in total. The van der Waals surface area contributed by atoms with Gasteiger partial charge in [0.2, 0.25) is 12.2 Å². The molecule has 0 aliphatic carbocycles. The number of benzene rings is 2. The minimum absolute atomic E-state index is 0.591. The largest absolute Gasteiger partial charge is 0.231 e. The summed E-state index contributed by atoms with van der Waals surface area (Å²) in [5, 5.41) is 12.0. The van der Waals surface area contributed by atoms with Gasteiger partial charge in [-0.1, -0.05) is 65.7 Å². The van der Waals surface area contributed by atoms with Crippen molar-refractivity contribution in [1.29, 1.82) is 10.8 Å². The average molecular weight is 309 g/mol. The molecule has 20 heavy (non-hydrogen) atoms. The third-order valence-corrected chi connectivity index (χ3v) is 2.86. The van der Waals surface area contributed by atoms with Crippen molar-refractivity contribution in [3.63, 3.8) is 0 Å². The van der Waals surface area contributed by atoms with E-state index in [0.717, 1.165) is 23.3 Å². The van der Waals surface area contributed by atoms with Crippen LogP contribution in [-0.2, 0) is 9.59 Å². The number of isocyanates is 2. The summed E-state index contributed by atoms with van der Waals surface area (Å²) in [5.74, 6) is 0.